The first-order chi connectivity index (χ1) is 7.06. The van der Waals surface area contributed by atoms with Crippen molar-refractivity contribution in [1.29, 1.82) is 0 Å². The van der Waals surface area contributed by atoms with Gasteiger partial charge in [0.25, 0.3) is 5.91 Å². The average molecular weight is 207 g/mol. The van der Waals surface area contributed by atoms with Gasteiger partial charge in [-0.05, 0) is 12.1 Å². The van der Waals surface area contributed by atoms with Gasteiger partial charge in [-0.2, -0.15) is 0 Å². The number of amides is 2. The predicted octanol–water partition coefficient (Wildman–Crippen LogP) is 0.553. The van der Waals surface area contributed by atoms with Crippen molar-refractivity contribution in [3.05, 3.63) is 23.9 Å². The standard InChI is InChI=1S/C10H13N3O2/c1-3-9(14)13(2)8-6-4-5-7(12-8)10(11)15/h4-6H,3H2,1-2H3,(H2,11,15). The molecule has 1 aromatic rings. The summed E-state index contributed by atoms with van der Waals surface area (Å²) < 4.78 is 0. The number of primary amides is 1. The van der Waals surface area contributed by atoms with Crippen LogP contribution < -0.4 is 10.6 Å². The van der Waals surface area contributed by atoms with Crippen LogP contribution in [0.5, 0.6) is 0 Å². The Bertz CT molecular complexity index is 390. The molecule has 80 valence electrons. The number of hydrogen-bond donors (Lipinski definition) is 1. The minimum absolute atomic E-state index is 0.0656. The highest BCUT2D eigenvalue weighted by molar-refractivity contribution is 5.94. The number of rotatable bonds is 3. The summed E-state index contributed by atoms with van der Waals surface area (Å²) in [6.07, 6.45) is 0.388. The Balaban J connectivity index is 3.00. The number of pyridine rings is 1. The lowest BCUT2D eigenvalue weighted by Gasteiger charge is -2.15. The second-order valence-corrected chi connectivity index (χ2v) is 3.05. The molecule has 5 nitrogen and oxygen atoms in total. The van der Waals surface area contributed by atoms with Crippen molar-refractivity contribution in [1.82, 2.24) is 4.98 Å². The molecule has 0 saturated heterocycles. The molecule has 0 aliphatic rings. The fourth-order valence-electron chi connectivity index (χ4n) is 1.11. The van der Waals surface area contributed by atoms with E-state index in [1.54, 1.807) is 26.1 Å². The zero-order chi connectivity index (χ0) is 11.4. The predicted molar refractivity (Wildman–Crippen MR) is 56.5 cm³/mol. The maximum atomic E-state index is 11.4. The number of nitrogens with two attached hydrogens (primary N) is 1. The molecule has 0 bridgehead atoms. The van der Waals surface area contributed by atoms with Gasteiger partial charge in [-0.3, -0.25) is 14.5 Å². The molecule has 0 radical (unpaired) electrons. The summed E-state index contributed by atoms with van der Waals surface area (Å²) in [6, 6.07) is 4.80. The van der Waals surface area contributed by atoms with Gasteiger partial charge in [0.15, 0.2) is 0 Å². The third-order valence-corrected chi connectivity index (χ3v) is 2.01. The SMILES string of the molecule is CCC(=O)N(C)c1cccc(C(N)=O)n1. The molecule has 5 heteroatoms. The fraction of sp³-hybridized carbons (Fsp3) is 0.300. The molecule has 0 spiro atoms. The Kier molecular flexibility index (Phi) is 3.38. The molecular weight excluding hydrogens is 194 g/mol. The number of anilines is 1. The first kappa shape index (κ1) is 11.2. The van der Waals surface area contributed by atoms with Gasteiger partial charge in [0.1, 0.15) is 11.5 Å². The molecule has 1 aromatic heterocycles. The molecule has 1 rings (SSSR count). The van der Waals surface area contributed by atoms with Crippen LogP contribution in [0, 0.1) is 0 Å². The Labute approximate surface area is 87.9 Å². The third kappa shape index (κ3) is 2.52. The van der Waals surface area contributed by atoms with Gasteiger partial charge >= 0.3 is 0 Å². The smallest absolute Gasteiger partial charge is 0.267 e. The first-order valence-electron chi connectivity index (χ1n) is 4.59. The van der Waals surface area contributed by atoms with Crippen molar-refractivity contribution < 1.29 is 9.59 Å². The summed E-state index contributed by atoms with van der Waals surface area (Å²) in [6.45, 7) is 1.76. The van der Waals surface area contributed by atoms with Crippen LogP contribution in [0.1, 0.15) is 23.8 Å². The lowest BCUT2D eigenvalue weighted by atomic mass is 10.3. The molecule has 1 heterocycles. The molecule has 0 fully saturated rings. The second-order valence-electron chi connectivity index (χ2n) is 3.05. The molecule has 0 aliphatic carbocycles. The molecule has 0 aliphatic heterocycles. The maximum absolute atomic E-state index is 11.4. The topological polar surface area (TPSA) is 76.3 Å². The van der Waals surface area contributed by atoms with E-state index in [1.165, 1.54) is 11.0 Å². The van der Waals surface area contributed by atoms with Crippen LogP contribution in [0.4, 0.5) is 5.82 Å². The third-order valence-electron chi connectivity index (χ3n) is 2.01. The molecule has 0 unspecified atom stereocenters. The van der Waals surface area contributed by atoms with E-state index in [2.05, 4.69) is 4.98 Å². The van der Waals surface area contributed by atoms with Gasteiger partial charge in [-0.1, -0.05) is 13.0 Å². The lowest BCUT2D eigenvalue weighted by Crippen LogP contribution is -2.27. The van der Waals surface area contributed by atoms with E-state index < -0.39 is 5.91 Å². The quantitative estimate of drug-likeness (QED) is 0.786. The van der Waals surface area contributed by atoms with Gasteiger partial charge in [0.2, 0.25) is 5.91 Å². The van der Waals surface area contributed by atoms with Gasteiger partial charge in [-0.15, -0.1) is 0 Å². The van der Waals surface area contributed by atoms with Crippen molar-refractivity contribution in [3.8, 4) is 0 Å². The Hall–Kier alpha value is -1.91. The van der Waals surface area contributed by atoms with E-state index in [0.29, 0.717) is 12.2 Å². The van der Waals surface area contributed by atoms with E-state index in [4.69, 9.17) is 5.73 Å². The van der Waals surface area contributed by atoms with E-state index in [9.17, 15) is 9.59 Å². The van der Waals surface area contributed by atoms with Gasteiger partial charge < -0.3 is 5.73 Å². The number of hydrogen-bond acceptors (Lipinski definition) is 3. The van der Waals surface area contributed by atoms with Crippen LogP contribution in [0.15, 0.2) is 18.2 Å². The van der Waals surface area contributed by atoms with Gasteiger partial charge in [0.05, 0.1) is 0 Å². The maximum Gasteiger partial charge on any atom is 0.267 e. The van der Waals surface area contributed by atoms with Crippen LogP contribution in [0.25, 0.3) is 0 Å². The van der Waals surface area contributed by atoms with Crippen LogP contribution in [-0.4, -0.2) is 23.8 Å². The number of aromatic nitrogens is 1. The molecule has 0 saturated carbocycles. The minimum atomic E-state index is -0.603. The number of nitrogens with zero attached hydrogens (tertiary/aromatic N) is 2. The summed E-state index contributed by atoms with van der Waals surface area (Å²) in [7, 11) is 1.61. The van der Waals surface area contributed by atoms with Crippen molar-refractivity contribution in [2.24, 2.45) is 5.73 Å². The zero-order valence-corrected chi connectivity index (χ0v) is 8.73. The molecule has 2 N–H and O–H groups in total. The summed E-state index contributed by atoms with van der Waals surface area (Å²) in [5.74, 6) is -0.239. The molecular formula is C10H13N3O2. The Morgan fingerprint density at radius 3 is 2.67 bits per heavy atom. The number of carbonyl (C=O) groups is 2. The average Bonchev–Trinajstić information content (AvgIpc) is 2.27. The Morgan fingerprint density at radius 2 is 2.13 bits per heavy atom. The zero-order valence-electron chi connectivity index (χ0n) is 8.73. The van der Waals surface area contributed by atoms with Crippen LogP contribution in [0.3, 0.4) is 0 Å². The highest BCUT2D eigenvalue weighted by Gasteiger charge is 2.11. The van der Waals surface area contributed by atoms with Crippen molar-refractivity contribution >= 4 is 17.6 Å². The highest BCUT2D eigenvalue weighted by Crippen LogP contribution is 2.10. The second kappa shape index (κ2) is 4.54. The van der Waals surface area contributed by atoms with E-state index >= 15 is 0 Å². The van der Waals surface area contributed by atoms with E-state index in [0.717, 1.165) is 0 Å². The number of carbonyl (C=O) groups excluding carboxylic acids is 2. The first-order valence-corrected chi connectivity index (χ1v) is 4.59. The molecule has 15 heavy (non-hydrogen) atoms. The van der Waals surface area contributed by atoms with Gasteiger partial charge in [-0.25, -0.2) is 4.98 Å². The summed E-state index contributed by atoms with van der Waals surface area (Å²) in [5, 5.41) is 0. The van der Waals surface area contributed by atoms with Crippen molar-refractivity contribution in [2.45, 2.75) is 13.3 Å². The largest absolute Gasteiger partial charge is 0.364 e. The van der Waals surface area contributed by atoms with Crippen LogP contribution >= 0.6 is 0 Å². The molecule has 0 atom stereocenters. The van der Waals surface area contributed by atoms with Crippen molar-refractivity contribution in [3.63, 3.8) is 0 Å². The lowest BCUT2D eigenvalue weighted by molar-refractivity contribution is -0.118. The molecule has 0 aromatic carbocycles. The normalized spacial score (nSPS) is 9.73. The summed E-state index contributed by atoms with van der Waals surface area (Å²) in [5.41, 5.74) is 5.24. The fourth-order valence-corrected chi connectivity index (χ4v) is 1.11. The highest BCUT2D eigenvalue weighted by atomic mass is 16.2. The Morgan fingerprint density at radius 1 is 1.47 bits per heavy atom. The summed E-state index contributed by atoms with van der Waals surface area (Å²) >= 11 is 0. The van der Waals surface area contributed by atoms with Crippen LogP contribution in [0.2, 0.25) is 0 Å². The van der Waals surface area contributed by atoms with E-state index in [-0.39, 0.29) is 11.6 Å². The monoisotopic (exact) mass is 207 g/mol. The van der Waals surface area contributed by atoms with Crippen molar-refractivity contribution in [2.75, 3.05) is 11.9 Å². The molecule has 2 amide bonds. The van der Waals surface area contributed by atoms with Gasteiger partial charge in [0, 0.05) is 13.5 Å². The summed E-state index contributed by atoms with van der Waals surface area (Å²) in [4.78, 5) is 27.6. The minimum Gasteiger partial charge on any atom is -0.364 e. The van der Waals surface area contributed by atoms with Crippen LogP contribution in [-0.2, 0) is 4.79 Å². The van der Waals surface area contributed by atoms with E-state index in [1.807, 2.05) is 0 Å².